The van der Waals surface area contributed by atoms with Crippen molar-refractivity contribution >= 4 is 38.6 Å². The molecule has 4 unspecified atom stereocenters. The van der Waals surface area contributed by atoms with Gasteiger partial charge in [0.15, 0.2) is 0 Å². The summed E-state index contributed by atoms with van der Waals surface area (Å²) in [5.74, 6) is -0.381. The molecule has 6 rings (SSSR count). The van der Waals surface area contributed by atoms with Crippen LogP contribution in [0, 0.1) is 11.3 Å². The monoisotopic (exact) mass is 456 g/mol. The zero-order valence-electron chi connectivity index (χ0n) is 17.9. The van der Waals surface area contributed by atoms with Crippen LogP contribution in [0.2, 0.25) is 0 Å². The molecule has 9 heteroatoms. The molecule has 0 radical (unpaired) electrons. The largest absolute Gasteiger partial charge is 0.390 e. The van der Waals surface area contributed by atoms with Crippen LogP contribution in [0.1, 0.15) is 74.6 Å². The van der Waals surface area contributed by atoms with E-state index >= 15 is 0 Å². The molecule has 4 atom stereocenters. The van der Waals surface area contributed by atoms with E-state index < -0.39 is 0 Å². The van der Waals surface area contributed by atoms with E-state index in [2.05, 4.69) is 30.0 Å². The van der Waals surface area contributed by atoms with Gasteiger partial charge in [-0.15, -0.1) is 22.7 Å². The number of rotatable bonds is 1. The lowest BCUT2D eigenvalue weighted by atomic mass is 9.97. The van der Waals surface area contributed by atoms with E-state index in [0.29, 0.717) is 39.7 Å². The molecular formula is C22H28N6OS2. The summed E-state index contributed by atoms with van der Waals surface area (Å²) in [5.41, 5.74) is 20.9. The molecule has 2 aromatic rings. The fourth-order valence-corrected chi connectivity index (χ4v) is 8.39. The van der Waals surface area contributed by atoms with Gasteiger partial charge >= 0.3 is 0 Å². The van der Waals surface area contributed by atoms with Gasteiger partial charge in [0.1, 0.15) is 11.1 Å². The summed E-state index contributed by atoms with van der Waals surface area (Å²) in [6, 6.07) is 4.36. The number of thiophene rings is 2. The maximum absolute atomic E-state index is 11.5. The van der Waals surface area contributed by atoms with Crippen LogP contribution in [0.15, 0.2) is 0 Å². The van der Waals surface area contributed by atoms with Gasteiger partial charge in [-0.2, -0.15) is 5.26 Å². The molecule has 6 N–H and O–H groups in total. The predicted octanol–water partition coefficient (Wildman–Crippen LogP) is 3.01. The number of primary amides is 1. The smallest absolute Gasteiger partial charge is 0.252 e. The Bertz CT molecular complexity index is 1100. The van der Waals surface area contributed by atoms with Gasteiger partial charge in [0.05, 0.1) is 16.1 Å². The first-order valence-electron chi connectivity index (χ1n) is 10.8. The molecule has 0 spiro atoms. The molecule has 0 aliphatic carbocycles. The Morgan fingerprint density at radius 1 is 0.935 bits per heavy atom. The van der Waals surface area contributed by atoms with Crippen LogP contribution in [-0.2, 0) is 12.8 Å². The Balaban J connectivity index is 0.000000132. The first-order chi connectivity index (χ1) is 14.8. The highest BCUT2D eigenvalue weighted by molar-refractivity contribution is 7.16. The van der Waals surface area contributed by atoms with E-state index in [4.69, 9.17) is 22.5 Å². The third-order valence-electron chi connectivity index (χ3n) is 7.65. The van der Waals surface area contributed by atoms with Crippen LogP contribution < -0.4 is 17.2 Å². The highest BCUT2D eigenvalue weighted by Crippen LogP contribution is 2.49. The van der Waals surface area contributed by atoms with Crippen molar-refractivity contribution in [1.29, 1.82) is 5.26 Å². The summed E-state index contributed by atoms with van der Waals surface area (Å²) >= 11 is 3.16. The summed E-state index contributed by atoms with van der Waals surface area (Å²) in [7, 11) is 4.30. The lowest BCUT2D eigenvalue weighted by Crippen LogP contribution is -2.34. The molecule has 2 aromatic heterocycles. The molecule has 4 aliphatic rings. The minimum atomic E-state index is -0.381. The molecule has 2 fully saturated rings. The number of anilines is 2. The number of nitrogen functional groups attached to an aromatic ring is 2. The Hall–Kier alpha value is -2.12. The third-order valence-corrected chi connectivity index (χ3v) is 9.76. The Morgan fingerprint density at radius 3 is 2.00 bits per heavy atom. The van der Waals surface area contributed by atoms with E-state index in [1.54, 1.807) is 22.7 Å². The number of carbonyl (C=O) groups excluding carboxylic acids is 1. The predicted molar refractivity (Wildman–Crippen MR) is 125 cm³/mol. The topological polar surface area (TPSA) is 125 Å². The van der Waals surface area contributed by atoms with Crippen LogP contribution in [-0.4, -0.2) is 41.9 Å². The van der Waals surface area contributed by atoms with Crippen LogP contribution in [0.4, 0.5) is 10.0 Å². The minimum absolute atomic E-state index is 0.352. The minimum Gasteiger partial charge on any atom is -0.390 e. The van der Waals surface area contributed by atoms with Crippen molar-refractivity contribution in [3.8, 4) is 6.07 Å². The molecule has 164 valence electrons. The maximum atomic E-state index is 11.5. The van der Waals surface area contributed by atoms with Gasteiger partial charge in [-0.1, -0.05) is 0 Å². The number of fused-ring (bicyclic) bond motifs is 8. The van der Waals surface area contributed by atoms with Crippen molar-refractivity contribution in [2.45, 2.75) is 62.7 Å². The molecule has 31 heavy (non-hydrogen) atoms. The van der Waals surface area contributed by atoms with Crippen molar-refractivity contribution in [2.24, 2.45) is 5.73 Å². The second-order valence-electron chi connectivity index (χ2n) is 9.07. The summed E-state index contributed by atoms with van der Waals surface area (Å²) in [4.78, 5) is 18.9. The van der Waals surface area contributed by atoms with Gasteiger partial charge in [0.2, 0.25) is 0 Å². The number of carbonyl (C=O) groups is 1. The molecule has 4 bridgehead atoms. The fraction of sp³-hybridized carbons (Fsp3) is 0.545. The molecule has 0 saturated carbocycles. The molecule has 2 saturated heterocycles. The number of nitrogens with zero attached hydrogens (tertiary/aromatic N) is 3. The van der Waals surface area contributed by atoms with Gasteiger partial charge < -0.3 is 17.2 Å². The standard InChI is InChI=1S/C11H15N3OS.C11H13N3S/c1-14-5-2-3-6(14)8-7(4-5)16-11(13)9(8)10(12)15;1-14-6-2-3-8(14)10-7(5-12)11(13)15-9(10)4-6/h5-6H,2-4,13H2,1H3,(H2,12,15);6,8H,2-4,13H2,1H3. The van der Waals surface area contributed by atoms with E-state index in [1.165, 1.54) is 34.6 Å². The molecule has 4 aliphatic heterocycles. The van der Waals surface area contributed by atoms with E-state index in [1.807, 2.05) is 0 Å². The SMILES string of the molecule is CN1C2CCC1c1c(sc(N)c1C#N)C2.CN1C2CCC1c1c(sc(N)c1C(N)=O)C2. The van der Waals surface area contributed by atoms with Gasteiger partial charge in [-0.05, 0) is 58.2 Å². The van der Waals surface area contributed by atoms with Gasteiger partial charge in [-0.3, -0.25) is 14.6 Å². The zero-order valence-corrected chi connectivity index (χ0v) is 19.5. The quantitative estimate of drug-likeness (QED) is 0.606. The fourth-order valence-electron chi connectivity index (χ4n) is 6.04. The lowest BCUT2D eigenvalue weighted by molar-refractivity contribution is 0.0997. The van der Waals surface area contributed by atoms with Gasteiger partial charge in [-0.25, -0.2) is 0 Å². The highest BCUT2D eigenvalue weighted by Gasteiger charge is 2.42. The summed E-state index contributed by atoms with van der Waals surface area (Å²) in [6.07, 6.45) is 6.86. The number of likely N-dealkylation sites (N-methyl/N-ethyl adjacent to an activating group) is 2. The molecular weight excluding hydrogens is 428 g/mol. The zero-order chi connectivity index (χ0) is 22.0. The Labute approximate surface area is 190 Å². The second kappa shape index (κ2) is 7.48. The van der Waals surface area contributed by atoms with E-state index in [9.17, 15) is 4.79 Å². The summed E-state index contributed by atoms with van der Waals surface area (Å²) < 4.78 is 0. The first-order valence-corrected chi connectivity index (χ1v) is 12.4. The number of hydrogen-bond donors (Lipinski definition) is 3. The molecule has 0 aromatic carbocycles. The van der Waals surface area contributed by atoms with Crippen LogP contribution in [0.25, 0.3) is 0 Å². The van der Waals surface area contributed by atoms with Gasteiger partial charge in [0.25, 0.3) is 5.91 Å². The van der Waals surface area contributed by atoms with Crippen molar-refractivity contribution in [3.05, 3.63) is 32.0 Å². The van der Waals surface area contributed by atoms with Crippen molar-refractivity contribution in [3.63, 3.8) is 0 Å². The number of amides is 1. The summed E-state index contributed by atoms with van der Waals surface area (Å²) in [6.45, 7) is 0. The van der Waals surface area contributed by atoms with Gasteiger partial charge in [0, 0.05) is 39.5 Å². The van der Waals surface area contributed by atoms with E-state index in [-0.39, 0.29) is 5.91 Å². The molecule has 7 nitrogen and oxygen atoms in total. The molecule has 1 amide bonds. The van der Waals surface area contributed by atoms with Crippen molar-refractivity contribution in [2.75, 3.05) is 25.6 Å². The Morgan fingerprint density at radius 2 is 1.45 bits per heavy atom. The second-order valence-corrected chi connectivity index (χ2v) is 11.3. The number of hydrogen-bond acceptors (Lipinski definition) is 8. The van der Waals surface area contributed by atoms with E-state index in [0.717, 1.165) is 30.4 Å². The van der Waals surface area contributed by atoms with Crippen LogP contribution in [0.5, 0.6) is 0 Å². The molecule has 6 heterocycles. The Kier molecular flexibility index (Phi) is 5.01. The average molecular weight is 457 g/mol. The van der Waals surface area contributed by atoms with Crippen LogP contribution >= 0.6 is 22.7 Å². The number of nitriles is 1. The summed E-state index contributed by atoms with van der Waals surface area (Å²) in [5, 5.41) is 10.4. The van der Waals surface area contributed by atoms with Crippen molar-refractivity contribution in [1.82, 2.24) is 9.80 Å². The lowest BCUT2D eigenvalue weighted by Gasteiger charge is -2.31. The number of nitrogens with two attached hydrogens (primary N) is 3. The highest BCUT2D eigenvalue weighted by atomic mass is 32.1. The first kappa shape index (κ1) is 20.8. The third kappa shape index (κ3) is 3.08. The van der Waals surface area contributed by atoms with Crippen molar-refractivity contribution < 1.29 is 4.79 Å². The maximum Gasteiger partial charge on any atom is 0.252 e. The normalized spacial score (nSPS) is 28.4. The average Bonchev–Trinajstić information content (AvgIpc) is 3.36. The van der Waals surface area contributed by atoms with Crippen LogP contribution in [0.3, 0.4) is 0 Å².